The van der Waals surface area contributed by atoms with Gasteiger partial charge in [-0.2, -0.15) is 0 Å². The van der Waals surface area contributed by atoms with Crippen LogP contribution in [0.5, 0.6) is 0 Å². The molecule has 0 atom stereocenters. The minimum Gasteiger partial charge on any atom is -0.480 e. The molecule has 1 N–H and O–H groups in total. The number of aryl methyl sites for hydroxylation is 3. The van der Waals surface area contributed by atoms with E-state index in [1.165, 1.54) is 25.8 Å². The Labute approximate surface area is 155 Å². The van der Waals surface area contributed by atoms with E-state index in [1.807, 2.05) is 13.0 Å². The molecule has 27 heavy (non-hydrogen) atoms. The van der Waals surface area contributed by atoms with Gasteiger partial charge < -0.3 is 18.9 Å². The summed E-state index contributed by atoms with van der Waals surface area (Å²) in [5, 5.41) is 13.8. The topological polar surface area (TPSA) is 110 Å². The maximum Gasteiger partial charge on any atom is 0.329 e. The molecule has 0 radical (unpaired) electrons. The summed E-state index contributed by atoms with van der Waals surface area (Å²) in [4.78, 5) is 30.4. The highest BCUT2D eigenvalue weighted by Gasteiger charge is 2.37. The highest BCUT2D eigenvalue weighted by Crippen LogP contribution is 2.31. The summed E-state index contributed by atoms with van der Waals surface area (Å²) in [5.74, 6) is -0.184. The predicted octanol–water partition coefficient (Wildman–Crippen LogP) is 3.34. The molecule has 142 valence electrons. The number of hydrogen-bond donors (Lipinski definition) is 1. The van der Waals surface area contributed by atoms with Gasteiger partial charge in [0.1, 0.15) is 17.1 Å². The number of carboxylic acid groups (broad SMARTS) is 1. The van der Waals surface area contributed by atoms with Gasteiger partial charge in [-0.1, -0.05) is 5.16 Å². The van der Waals surface area contributed by atoms with Crippen molar-refractivity contribution in [1.82, 2.24) is 15.0 Å². The third-order valence-electron chi connectivity index (χ3n) is 4.83. The number of carbonyl (C=O) groups excluding carboxylic acids is 1. The third-order valence-corrected chi connectivity index (χ3v) is 4.83. The smallest absolute Gasteiger partial charge is 0.329 e. The van der Waals surface area contributed by atoms with Gasteiger partial charge in [0.2, 0.25) is 0 Å². The molecule has 0 fully saturated rings. The second-order valence-electron chi connectivity index (χ2n) is 7.06. The first-order chi connectivity index (χ1) is 12.5. The fraction of sp³-hybridized carbons (Fsp3) is 0.368. The van der Waals surface area contributed by atoms with Gasteiger partial charge in [-0.05, 0) is 46.8 Å². The molecule has 0 aliphatic rings. The molecule has 1 amide bonds. The molecule has 3 aromatic heterocycles. The number of likely N-dealkylation sites (N-methyl/N-ethyl adjacent to an activating group) is 1. The SMILES string of the molecule is Cc1cc(-c2cc(C(=O)N(C)C(C)(C)C(=O)O)c3c(C)noc3n2)c(C)o1. The molecule has 3 heterocycles. The quantitative estimate of drug-likeness (QED) is 0.749. The number of nitrogens with zero attached hydrogens (tertiary/aromatic N) is 3. The Morgan fingerprint density at radius 3 is 2.41 bits per heavy atom. The van der Waals surface area contributed by atoms with Crippen LogP contribution in [0.2, 0.25) is 0 Å². The van der Waals surface area contributed by atoms with E-state index in [-0.39, 0.29) is 11.3 Å². The molecule has 0 unspecified atom stereocenters. The molecule has 0 bridgehead atoms. The van der Waals surface area contributed by atoms with E-state index in [1.54, 1.807) is 19.9 Å². The number of hydrogen-bond acceptors (Lipinski definition) is 6. The summed E-state index contributed by atoms with van der Waals surface area (Å²) in [6.07, 6.45) is 0. The Morgan fingerprint density at radius 1 is 1.19 bits per heavy atom. The zero-order chi connectivity index (χ0) is 20.1. The van der Waals surface area contributed by atoms with Gasteiger partial charge in [0.05, 0.1) is 22.3 Å². The van der Waals surface area contributed by atoms with Crippen molar-refractivity contribution in [2.24, 2.45) is 0 Å². The van der Waals surface area contributed by atoms with E-state index in [9.17, 15) is 14.7 Å². The van der Waals surface area contributed by atoms with E-state index in [2.05, 4.69) is 10.1 Å². The van der Waals surface area contributed by atoms with E-state index in [0.717, 1.165) is 11.3 Å². The monoisotopic (exact) mass is 371 g/mol. The number of pyridine rings is 1. The van der Waals surface area contributed by atoms with Crippen molar-refractivity contribution >= 4 is 23.0 Å². The van der Waals surface area contributed by atoms with Gasteiger partial charge in [-0.15, -0.1) is 0 Å². The van der Waals surface area contributed by atoms with Crippen LogP contribution in [0.3, 0.4) is 0 Å². The van der Waals surface area contributed by atoms with E-state index in [0.29, 0.717) is 22.5 Å². The van der Waals surface area contributed by atoms with Crippen molar-refractivity contribution in [3.63, 3.8) is 0 Å². The summed E-state index contributed by atoms with van der Waals surface area (Å²) < 4.78 is 10.8. The Hall–Kier alpha value is -3.16. The van der Waals surface area contributed by atoms with Crippen LogP contribution in [0.25, 0.3) is 22.4 Å². The van der Waals surface area contributed by atoms with Crippen LogP contribution in [0.15, 0.2) is 21.1 Å². The van der Waals surface area contributed by atoms with Crippen LogP contribution in [-0.2, 0) is 4.79 Å². The highest BCUT2D eigenvalue weighted by atomic mass is 16.5. The summed E-state index contributed by atoms with van der Waals surface area (Å²) in [6, 6.07) is 3.45. The number of carbonyl (C=O) groups is 2. The number of rotatable bonds is 4. The average Bonchev–Trinajstić information content (AvgIpc) is 3.14. The lowest BCUT2D eigenvalue weighted by Crippen LogP contribution is -2.50. The maximum atomic E-state index is 13.2. The fourth-order valence-electron chi connectivity index (χ4n) is 2.86. The van der Waals surface area contributed by atoms with Crippen molar-refractivity contribution in [1.29, 1.82) is 0 Å². The standard InChI is InChI=1S/C19H21N3O5/c1-9-7-12(11(3)26-9)14-8-13(15-10(2)21-27-16(15)20-14)17(23)22(6)19(4,5)18(24)25/h7-8H,1-6H3,(H,24,25). The Kier molecular flexibility index (Phi) is 4.29. The van der Waals surface area contributed by atoms with Crippen LogP contribution < -0.4 is 0 Å². The van der Waals surface area contributed by atoms with Crippen molar-refractivity contribution in [3.05, 3.63) is 34.9 Å². The molecule has 0 aliphatic heterocycles. The summed E-state index contributed by atoms with van der Waals surface area (Å²) in [5.41, 5.74) is 0.849. The van der Waals surface area contributed by atoms with E-state index >= 15 is 0 Å². The predicted molar refractivity (Wildman–Crippen MR) is 97.5 cm³/mol. The van der Waals surface area contributed by atoms with Gasteiger partial charge in [-0.25, -0.2) is 9.78 Å². The molecule has 0 saturated heterocycles. The molecule has 0 aromatic carbocycles. The minimum atomic E-state index is -1.39. The fourth-order valence-corrected chi connectivity index (χ4v) is 2.86. The van der Waals surface area contributed by atoms with Crippen molar-refractivity contribution in [2.45, 2.75) is 40.2 Å². The molecule has 8 nitrogen and oxygen atoms in total. The normalized spacial score (nSPS) is 11.8. The maximum absolute atomic E-state index is 13.2. The number of aromatic nitrogens is 2. The lowest BCUT2D eigenvalue weighted by Gasteiger charge is -2.31. The van der Waals surface area contributed by atoms with Crippen LogP contribution in [0, 0.1) is 20.8 Å². The minimum absolute atomic E-state index is 0.216. The van der Waals surface area contributed by atoms with Gasteiger partial charge in [0.15, 0.2) is 0 Å². The number of fused-ring (bicyclic) bond motifs is 1. The number of amides is 1. The first-order valence-corrected chi connectivity index (χ1v) is 8.40. The average molecular weight is 371 g/mol. The number of carboxylic acids is 1. The summed E-state index contributed by atoms with van der Waals surface area (Å²) in [6.45, 7) is 8.27. The van der Waals surface area contributed by atoms with Gasteiger partial charge >= 0.3 is 5.97 Å². The molecular formula is C19H21N3O5. The van der Waals surface area contributed by atoms with Crippen molar-refractivity contribution in [3.8, 4) is 11.3 Å². The first-order valence-electron chi connectivity index (χ1n) is 8.40. The van der Waals surface area contributed by atoms with Crippen LogP contribution >= 0.6 is 0 Å². The summed E-state index contributed by atoms with van der Waals surface area (Å²) in [7, 11) is 1.46. The Balaban J connectivity index is 2.22. The first kappa shape index (κ1) is 18.6. The van der Waals surface area contributed by atoms with Crippen LogP contribution in [0.4, 0.5) is 0 Å². The van der Waals surface area contributed by atoms with Gasteiger partial charge in [0.25, 0.3) is 11.6 Å². The largest absolute Gasteiger partial charge is 0.480 e. The second-order valence-corrected chi connectivity index (χ2v) is 7.06. The Bertz CT molecular complexity index is 1060. The molecule has 0 aliphatic carbocycles. The molecule has 0 saturated carbocycles. The van der Waals surface area contributed by atoms with Crippen molar-refractivity contribution < 1.29 is 23.6 Å². The molecule has 0 spiro atoms. The zero-order valence-electron chi connectivity index (χ0n) is 16.1. The van der Waals surface area contributed by atoms with E-state index < -0.39 is 17.4 Å². The van der Waals surface area contributed by atoms with E-state index in [4.69, 9.17) is 8.94 Å². The number of aliphatic carboxylic acids is 1. The molecule has 3 rings (SSSR count). The Morgan fingerprint density at radius 2 is 1.85 bits per heavy atom. The number of furan rings is 1. The lowest BCUT2D eigenvalue weighted by atomic mass is 10.00. The van der Waals surface area contributed by atoms with Crippen LogP contribution in [-0.4, -0.2) is 44.6 Å². The second kappa shape index (κ2) is 6.22. The lowest BCUT2D eigenvalue weighted by molar-refractivity contribution is -0.147. The molecule has 8 heteroatoms. The van der Waals surface area contributed by atoms with Gasteiger partial charge in [-0.3, -0.25) is 4.79 Å². The molecular weight excluding hydrogens is 350 g/mol. The van der Waals surface area contributed by atoms with Crippen molar-refractivity contribution in [2.75, 3.05) is 7.05 Å². The van der Waals surface area contributed by atoms with Crippen LogP contribution in [0.1, 0.15) is 41.4 Å². The summed E-state index contributed by atoms with van der Waals surface area (Å²) >= 11 is 0. The van der Waals surface area contributed by atoms with Gasteiger partial charge in [0, 0.05) is 12.6 Å². The molecule has 3 aromatic rings. The zero-order valence-corrected chi connectivity index (χ0v) is 16.1. The third kappa shape index (κ3) is 2.97. The highest BCUT2D eigenvalue weighted by molar-refractivity contribution is 6.08.